The lowest BCUT2D eigenvalue weighted by Crippen LogP contribution is -2.32. The van der Waals surface area contributed by atoms with E-state index in [1.54, 1.807) is 36.4 Å². The lowest BCUT2D eigenvalue weighted by molar-refractivity contribution is -0.117. The Kier molecular flexibility index (Phi) is 5.12. The molecule has 3 unspecified atom stereocenters. The molecule has 0 spiro atoms. The standard InChI is InChI=1S/C25H26N2O5/c1-31-19-10-8-15(9-11-21(26)28)22(23(19)32-20-13-14-6-7-16(20)12-14)27-24(29)17-4-2-3-5-18(17)25(27)30/h2-5,8,10,14,16,20H,6-7,9,11-13H2,1H3,(H2,26,28). The minimum atomic E-state index is -0.454. The van der Waals surface area contributed by atoms with Crippen LogP contribution in [0.4, 0.5) is 5.69 Å². The fourth-order valence-corrected chi connectivity index (χ4v) is 5.45. The fraction of sp³-hybridized carbons (Fsp3) is 0.400. The van der Waals surface area contributed by atoms with Crippen LogP contribution in [0.25, 0.3) is 0 Å². The first-order valence-electron chi connectivity index (χ1n) is 11.1. The molecular formula is C25H26N2O5. The molecule has 3 amide bonds. The van der Waals surface area contributed by atoms with Gasteiger partial charge in [-0.15, -0.1) is 0 Å². The van der Waals surface area contributed by atoms with E-state index in [2.05, 4.69) is 0 Å². The minimum Gasteiger partial charge on any atom is -0.493 e. The SMILES string of the molecule is COc1ccc(CCC(N)=O)c(N2C(=O)c3ccccc3C2=O)c1OC1CC2CCC1C2. The molecule has 0 aromatic heterocycles. The van der Waals surface area contributed by atoms with Gasteiger partial charge in [0.1, 0.15) is 11.8 Å². The molecular weight excluding hydrogens is 408 g/mol. The number of amides is 3. The zero-order chi connectivity index (χ0) is 22.4. The number of benzene rings is 2. The number of nitrogens with two attached hydrogens (primary N) is 1. The number of primary amides is 1. The summed E-state index contributed by atoms with van der Waals surface area (Å²) in [6, 6.07) is 10.3. The van der Waals surface area contributed by atoms with Gasteiger partial charge >= 0.3 is 0 Å². The van der Waals surface area contributed by atoms with E-state index in [4.69, 9.17) is 15.2 Å². The van der Waals surface area contributed by atoms with Crippen LogP contribution in [0.2, 0.25) is 0 Å². The number of aryl methyl sites for hydroxylation is 1. The van der Waals surface area contributed by atoms with Crippen molar-refractivity contribution in [2.24, 2.45) is 17.6 Å². The van der Waals surface area contributed by atoms with Gasteiger partial charge in [-0.05, 0) is 67.7 Å². The van der Waals surface area contributed by atoms with Gasteiger partial charge in [-0.1, -0.05) is 18.2 Å². The molecule has 3 aliphatic rings. The highest BCUT2D eigenvalue weighted by atomic mass is 16.5. The molecule has 2 bridgehead atoms. The molecule has 1 aliphatic heterocycles. The number of ether oxygens (including phenoxy) is 2. The third kappa shape index (κ3) is 3.32. The molecule has 7 nitrogen and oxygen atoms in total. The van der Waals surface area contributed by atoms with Crippen molar-refractivity contribution in [2.75, 3.05) is 12.0 Å². The topological polar surface area (TPSA) is 98.9 Å². The number of fused-ring (bicyclic) bond motifs is 3. The Balaban J connectivity index is 1.62. The van der Waals surface area contributed by atoms with Gasteiger partial charge in [0.25, 0.3) is 11.8 Å². The van der Waals surface area contributed by atoms with Gasteiger partial charge in [-0.2, -0.15) is 0 Å². The molecule has 7 heteroatoms. The maximum atomic E-state index is 13.3. The molecule has 2 saturated carbocycles. The molecule has 166 valence electrons. The molecule has 5 rings (SSSR count). The zero-order valence-corrected chi connectivity index (χ0v) is 18.0. The van der Waals surface area contributed by atoms with Crippen LogP contribution in [-0.2, 0) is 11.2 Å². The minimum absolute atomic E-state index is 0.0166. The van der Waals surface area contributed by atoms with E-state index in [0.29, 0.717) is 45.7 Å². The largest absolute Gasteiger partial charge is 0.493 e. The predicted molar refractivity (Wildman–Crippen MR) is 118 cm³/mol. The summed E-state index contributed by atoms with van der Waals surface area (Å²) in [7, 11) is 1.54. The summed E-state index contributed by atoms with van der Waals surface area (Å²) in [5.74, 6) is 0.716. The number of carbonyl (C=O) groups excluding carboxylic acids is 3. The molecule has 0 saturated heterocycles. The monoisotopic (exact) mass is 434 g/mol. The summed E-state index contributed by atoms with van der Waals surface area (Å²) < 4.78 is 12.1. The van der Waals surface area contributed by atoms with Crippen molar-refractivity contribution >= 4 is 23.4 Å². The maximum absolute atomic E-state index is 13.3. The molecule has 2 N–H and O–H groups in total. The lowest BCUT2D eigenvalue weighted by Gasteiger charge is -2.28. The number of methoxy groups -OCH3 is 1. The van der Waals surface area contributed by atoms with Gasteiger partial charge < -0.3 is 15.2 Å². The summed E-state index contributed by atoms with van der Waals surface area (Å²) in [4.78, 5) is 39.3. The van der Waals surface area contributed by atoms with E-state index in [1.807, 2.05) is 0 Å². The first-order chi connectivity index (χ1) is 15.5. The van der Waals surface area contributed by atoms with Crippen LogP contribution in [0.5, 0.6) is 11.5 Å². The predicted octanol–water partition coefficient (Wildman–Crippen LogP) is 3.48. The molecule has 2 fully saturated rings. The molecule has 1 heterocycles. The maximum Gasteiger partial charge on any atom is 0.266 e. The first kappa shape index (κ1) is 20.5. The average Bonchev–Trinajstić information content (AvgIpc) is 3.47. The van der Waals surface area contributed by atoms with E-state index < -0.39 is 17.7 Å². The van der Waals surface area contributed by atoms with Gasteiger partial charge in [0.2, 0.25) is 5.91 Å². The number of nitrogens with zero attached hydrogens (tertiary/aromatic N) is 1. The van der Waals surface area contributed by atoms with Crippen molar-refractivity contribution in [3.8, 4) is 11.5 Å². The van der Waals surface area contributed by atoms with Gasteiger partial charge in [0, 0.05) is 6.42 Å². The van der Waals surface area contributed by atoms with Crippen LogP contribution >= 0.6 is 0 Å². The highest BCUT2D eigenvalue weighted by Gasteiger charge is 2.44. The summed E-state index contributed by atoms with van der Waals surface area (Å²) in [5.41, 5.74) is 7.11. The quantitative estimate of drug-likeness (QED) is 0.673. The van der Waals surface area contributed by atoms with Crippen molar-refractivity contribution in [1.29, 1.82) is 0 Å². The van der Waals surface area contributed by atoms with Crippen molar-refractivity contribution in [2.45, 2.75) is 44.6 Å². The summed E-state index contributed by atoms with van der Waals surface area (Å²) >= 11 is 0. The highest BCUT2D eigenvalue weighted by Crippen LogP contribution is 2.50. The second kappa shape index (κ2) is 7.97. The Morgan fingerprint density at radius 3 is 2.34 bits per heavy atom. The number of imide groups is 1. The molecule has 3 atom stereocenters. The third-order valence-corrected chi connectivity index (χ3v) is 7.00. The van der Waals surface area contributed by atoms with Crippen molar-refractivity contribution < 1.29 is 23.9 Å². The van der Waals surface area contributed by atoms with Crippen molar-refractivity contribution in [3.05, 3.63) is 53.1 Å². The Hall–Kier alpha value is -3.35. The Bertz CT molecular complexity index is 1080. The number of carbonyl (C=O) groups is 3. The van der Waals surface area contributed by atoms with Crippen LogP contribution < -0.4 is 20.1 Å². The van der Waals surface area contributed by atoms with Gasteiger partial charge in [-0.3, -0.25) is 14.4 Å². The Morgan fingerprint density at radius 1 is 1.06 bits per heavy atom. The third-order valence-electron chi connectivity index (χ3n) is 7.00. The van der Waals surface area contributed by atoms with Gasteiger partial charge in [-0.25, -0.2) is 4.90 Å². The van der Waals surface area contributed by atoms with E-state index in [1.165, 1.54) is 18.4 Å². The van der Waals surface area contributed by atoms with Gasteiger partial charge in [0.05, 0.1) is 18.2 Å². The summed E-state index contributed by atoms with van der Waals surface area (Å²) in [6.45, 7) is 0. The van der Waals surface area contributed by atoms with E-state index in [0.717, 1.165) is 19.3 Å². The number of hydrogen-bond acceptors (Lipinski definition) is 5. The van der Waals surface area contributed by atoms with Crippen molar-refractivity contribution in [1.82, 2.24) is 0 Å². The van der Waals surface area contributed by atoms with Gasteiger partial charge in [0.15, 0.2) is 11.5 Å². The normalized spacial score (nSPS) is 23.5. The number of anilines is 1. The molecule has 0 radical (unpaired) electrons. The number of hydrogen-bond donors (Lipinski definition) is 1. The smallest absolute Gasteiger partial charge is 0.266 e. The average molecular weight is 434 g/mol. The van der Waals surface area contributed by atoms with Crippen LogP contribution in [0.1, 0.15) is 58.4 Å². The van der Waals surface area contributed by atoms with E-state index in [-0.39, 0.29) is 18.9 Å². The fourth-order valence-electron chi connectivity index (χ4n) is 5.45. The second-order valence-electron chi connectivity index (χ2n) is 8.89. The number of rotatable bonds is 7. The van der Waals surface area contributed by atoms with Crippen LogP contribution in [0.3, 0.4) is 0 Å². The Morgan fingerprint density at radius 2 is 1.78 bits per heavy atom. The highest BCUT2D eigenvalue weighted by molar-refractivity contribution is 6.35. The van der Waals surface area contributed by atoms with Crippen LogP contribution in [0.15, 0.2) is 36.4 Å². The summed E-state index contributed by atoms with van der Waals surface area (Å²) in [6.07, 6.45) is 4.86. The van der Waals surface area contributed by atoms with Crippen molar-refractivity contribution in [3.63, 3.8) is 0 Å². The lowest BCUT2D eigenvalue weighted by atomic mass is 9.97. The molecule has 2 aromatic carbocycles. The van der Waals surface area contributed by atoms with Crippen LogP contribution in [0, 0.1) is 11.8 Å². The summed E-state index contributed by atoms with van der Waals surface area (Å²) in [5, 5.41) is 0. The van der Waals surface area contributed by atoms with E-state index in [9.17, 15) is 14.4 Å². The zero-order valence-electron chi connectivity index (χ0n) is 18.0. The van der Waals surface area contributed by atoms with Crippen LogP contribution in [-0.4, -0.2) is 30.9 Å². The Labute approximate surface area is 186 Å². The first-order valence-corrected chi connectivity index (χ1v) is 11.1. The second-order valence-corrected chi connectivity index (χ2v) is 8.89. The molecule has 32 heavy (non-hydrogen) atoms. The molecule has 2 aromatic rings. The van der Waals surface area contributed by atoms with E-state index >= 15 is 0 Å². The molecule has 2 aliphatic carbocycles.